The highest BCUT2D eigenvalue weighted by molar-refractivity contribution is 7.86. The van der Waals surface area contributed by atoms with Gasteiger partial charge in [0.2, 0.25) is 10.5 Å². The molecule has 0 aliphatic rings. The second kappa shape index (κ2) is 5.01. The zero-order valence-electron chi connectivity index (χ0n) is 7.27. The maximum absolute atomic E-state index is 10.5. The van der Waals surface area contributed by atoms with Gasteiger partial charge in [-0.25, -0.2) is 4.79 Å². The van der Waals surface area contributed by atoms with Crippen LogP contribution in [0.25, 0.3) is 0 Å². The SMILES string of the molecule is CC(CC#CC(=O)O[SiH3])S(=O)(=O)O. The summed E-state index contributed by atoms with van der Waals surface area (Å²) in [5.41, 5.74) is 0. The quantitative estimate of drug-likeness (QED) is 0.349. The predicted molar refractivity (Wildman–Crippen MR) is 49.4 cm³/mol. The molecule has 0 aromatic rings. The lowest BCUT2D eigenvalue weighted by atomic mass is 10.3. The summed E-state index contributed by atoms with van der Waals surface area (Å²) in [6.07, 6.45) is -0.0878. The first-order chi connectivity index (χ1) is 5.88. The Morgan fingerprint density at radius 1 is 1.69 bits per heavy atom. The molecule has 0 bridgehead atoms. The lowest BCUT2D eigenvalue weighted by molar-refractivity contribution is -0.127. The van der Waals surface area contributed by atoms with Crippen molar-refractivity contribution in [2.24, 2.45) is 0 Å². The fourth-order valence-corrected chi connectivity index (χ4v) is 0.819. The molecule has 13 heavy (non-hydrogen) atoms. The molecule has 7 heteroatoms. The topological polar surface area (TPSA) is 80.7 Å². The van der Waals surface area contributed by atoms with E-state index in [9.17, 15) is 13.2 Å². The highest BCUT2D eigenvalue weighted by Gasteiger charge is 2.15. The van der Waals surface area contributed by atoms with Crippen LogP contribution < -0.4 is 0 Å². The van der Waals surface area contributed by atoms with Gasteiger partial charge in [-0.15, -0.1) is 0 Å². The zero-order chi connectivity index (χ0) is 10.5. The molecule has 1 N–H and O–H groups in total. The highest BCUT2D eigenvalue weighted by Crippen LogP contribution is 2.00. The minimum absolute atomic E-state index is 0.0878. The van der Waals surface area contributed by atoms with E-state index in [1.807, 2.05) is 0 Å². The molecule has 0 aromatic heterocycles. The van der Waals surface area contributed by atoms with Gasteiger partial charge in [0.25, 0.3) is 10.1 Å². The molecule has 0 heterocycles. The second-order valence-corrected chi connectivity index (χ2v) is 4.57. The van der Waals surface area contributed by atoms with Crippen molar-refractivity contribution < 1.29 is 22.2 Å². The Bertz CT molecular complexity index is 336. The fourth-order valence-electron chi connectivity index (χ4n) is 0.423. The summed E-state index contributed by atoms with van der Waals surface area (Å²) >= 11 is 0. The van der Waals surface area contributed by atoms with Crippen molar-refractivity contribution in [2.45, 2.75) is 18.6 Å². The monoisotopic (exact) mass is 222 g/mol. The van der Waals surface area contributed by atoms with Crippen LogP contribution >= 0.6 is 0 Å². The zero-order valence-corrected chi connectivity index (χ0v) is 10.1. The summed E-state index contributed by atoms with van der Waals surface area (Å²) in [6, 6.07) is 0. The molecule has 0 fully saturated rings. The van der Waals surface area contributed by atoms with E-state index in [2.05, 4.69) is 16.3 Å². The average molecular weight is 222 g/mol. The van der Waals surface area contributed by atoms with Crippen LogP contribution in [-0.2, 0) is 19.3 Å². The van der Waals surface area contributed by atoms with Crippen LogP contribution in [0.15, 0.2) is 0 Å². The van der Waals surface area contributed by atoms with Crippen LogP contribution in [0.4, 0.5) is 0 Å². The highest BCUT2D eigenvalue weighted by atomic mass is 32.2. The van der Waals surface area contributed by atoms with Crippen molar-refractivity contribution in [1.29, 1.82) is 0 Å². The summed E-state index contributed by atoms with van der Waals surface area (Å²) in [7, 11) is -3.80. The summed E-state index contributed by atoms with van der Waals surface area (Å²) in [5, 5.41) is -0.984. The van der Waals surface area contributed by atoms with Gasteiger partial charge in [-0.2, -0.15) is 8.42 Å². The number of hydrogen-bond acceptors (Lipinski definition) is 4. The number of rotatable bonds is 2. The van der Waals surface area contributed by atoms with Gasteiger partial charge < -0.3 is 4.43 Å². The number of carbonyl (C=O) groups is 1. The first kappa shape index (κ1) is 12.2. The van der Waals surface area contributed by atoms with E-state index in [0.717, 1.165) is 0 Å². The van der Waals surface area contributed by atoms with Crippen LogP contribution in [0.3, 0.4) is 0 Å². The molecule has 5 nitrogen and oxygen atoms in total. The third-order valence-electron chi connectivity index (χ3n) is 1.27. The summed E-state index contributed by atoms with van der Waals surface area (Å²) in [5.74, 6) is 3.71. The van der Waals surface area contributed by atoms with Crippen LogP contribution in [0.5, 0.6) is 0 Å². The van der Waals surface area contributed by atoms with E-state index < -0.39 is 21.3 Å². The second-order valence-electron chi connectivity index (χ2n) is 2.32. The van der Waals surface area contributed by atoms with Gasteiger partial charge in [-0.05, 0) is 6.92 Å². The molecule has 0 aliphatic carbocycles. The minimum Gasteiger partial charge on any atom is -0.519 e. The van der Waals surface area contributed by atoms with Crippen LogP contribution in [-0.4, -0.2) is 34.7 Å². The third-order valence-corrected chi connectivity index (χ3v) is 2.83. The van der Waals surface area contributed by atoms with Gasteiger partial charge in [0.05, 0.1) is 5.25 Å². The number of hydrogen-bond donors (Lipinski definition) is 1. The van der Waals surface area contributed by atoms with E-state index >= 15 is 0 Å². The normalized spacial score (nSPS) is 12.8. The molecule has 1 atom stereocenters. The molecule has 74 valence electrons. The molecule has 1 unspecified atom stereocenters. The van der Waals surface area contributed by atoms with E-state index in [-0.39, 0.29) is 16.9 Å². The van der Waals surface area contributed by atoms with Gasteiger partial charge in [0.1, 0.15) is 0 Å². The standard InChI is InChI=1S/C6H10O5SSi/c1-5(12(8,9)10)3-2-4-6(7)11-13/h5H,3H2,1,13H3,(H,8,9,10). The predicted octanol–water partition coefficient (Wildman–Crippen LogP) is -1.52. The van der Waals surface area contributed by atoms with Crippen LogP contribution in [0, 0.1) is 11.8 Å². The van der Waals surface area contributed by atoms with Gasteiger partial charge in [0, 0.05) is 12.3 Å². The Balaban J connectivity index is 4.16. The Morgan fingerprint density at radius 2 is 2.23 bits per heavy atom. The molecule has 0 aromatic carbocycles. The van der Waals surface area contributed by atoms with E-state index in [0.29, 0.717) is 0 Å². The smallest absolute Gasteiger partial charge is 0.370 e. The molecular weight excluding hydrogens is 212 g/mol. The van der Waals surface area contributed by atoms with Gasteiger partial charge >= 0.3 is 5.97 Å². The molecular formula is C6H10O5SSi. The lowest BCUT2D eigenvalue weighted by Crippen LogP contribution is -2.15. The average Bonchev–Trinajstić information content (AvgIpc) is 2.02. The summed E-state index contributed by atoms with van der Waals surface area (Å²) in [6.45, 7) is 1.30. The molecule has 0 saturated carbocycles. The van der Waals surface area contributed by atoms with Crippen LogP contribution in [0.1, 0.15) is 13.3 Å². The van der Waals surface area contributed by atoms with Gasteiger partial charge in [0.15, 0.2) is 0 Å². The molecule has 0 rings (SSSR count). The van der Waals surface area contributed by atoms with Crippen molar-refractivity contribution in [3.05, 3.63) is 0 Å². The van der Waals surface area contributed by atoms with Gasteiger partial charge in [-0.1, -0.05) is 5.92 Å². The third kappa shape index (κ3) is 5.40. The minimum atomic E-state index is -4.05. The molecule has 0 spiro atoms. The molecule has 0 amide bonds. The van der Waals surface area contributed by atoms with E-state index in [4.69, 9.17) is 4.55 Å². The first-order valence-electron chi connectivity index (χ1n) is 3.41. The lowest BCUT2D eigenvalue weighted by Gasteiger charge is -2.00. The van der Waals surface area contributed by atoms with Crippen LogP contribution in [0.2, 0.25) is 0 Å². The van der Waals surface area contributed by atoms with Crippen molar-refractivity contribution >= 4 is 26.6 Å². The van der Waals surface area contributed by atoms with Crippen molar-refractivity contribution in [1.82, 2.24) is 0 Å². The van der Waals surface area contributed by atoms with Crippen molar-refractivity contribution in [3.8, 4) is 11.8 Å². The van der Waals surface area contributed by atoms with Crippen molar-refractivity contribution in [3.63, 3.8) is 0 Å². The molecule has 0 aliphatic heterocycles. The van der Waals surface area contributed by atoms with E-state index in [1.165, 1.54) is 6.92 Å². The molecule has 0 saturated heterocycles. The van der Waals surface area contributed by atoms with Crippen molar-refractivity contribution in [2.75, 3.05) is 0 Å². The maximum atomic E-state index is 10.5. The molecule has 0 radical (unpaired) electrons. The Labute approximate surface area is 79.8 Å². The first-order valence-corrected chi connectivity index (χ1v) is 5.73. The van der Waals surface area contributed by atoms with E-state index in [1.54, 1.807) is 0 Å². The summed E-state index contributed by atoms with van der Waals surface area (Å²) < 4.78 is 33.7. The Kier molecular flexibility index (Phi) is 4.69. The summed E-state index contributed by atoms with van der Waals surface area (Å²) in [4.78, 5) is 10.5. The Hall–Kier alpha value is -0.843. The largest absolute Gasteiger partial charge is 0.519 e. The Morgan fingerprint density at radius 3 is 2.62 bits per heavy atom. The fraction of sp³-hybridized carbons (Fsp3) is 0.500. The number of carbonyl (C=O) groups excluding carboxylic acids is 1. The van der Waals surface area contributed by atoms with Gasteiger partial charge in [-0.3, -0.25) is 4.55 Å². The maximum Gasteiger partial charge on any atom is 0.370 e.